The number of hydrogen-bond donors (Lipinski definition) is 0. The lowest BCUT2D eigenvalue weighted by atomic mass is 10.5. The fourth-order valence-corrected chi connectivity index (χ4v) is 1.16. The Morgan fingerprint density at radius 1 is 0.500 bits per heavy atom. The van der Waals surface area contributed by atoms with E-state index in [1.165, 1.54) is 0 Å². The minimum Gasteiger partial charge on any atom is -0.544 e. The molecule has 144 valence electrons. The van der Waals surface area contributed by atoms with E-state index in [-0.39, 0.29) is 19.6 Å². The van der Waals surface area contributed by atoms with Gasteiger partial charge in [0.05, 0.1) is 81.3 Å². The number of aliphatic carboxylic acids is 3. The predicted molar refractivity (Wildman–Crippen MR) is 83.7 cm³/mol. The van der Waals surface area contributed by atoms with Gasteiger partial charge in [-0.25, -0.2) is 0 Å². The van der Waals surface area contributed by atoms with E-state index < -0.39 is 17.9 Å². The van der Waals surface area contributed by atoms with Crippen molar-refractivity contribution >= 4 is 17.9 Å². The molecular formula is C15H33N3O6. The van der Waals surface area contributed by atoms with Crippen molar-refractivity contribution in [1.29, 1.82) is 0 Å². The van der Waals surface area contributed by atoms with Gasteiger partial charge in [0.25, 0.3) is 0 Å². The molecule has 0 saturated carbocycles. The van der Waals surface area contributed by atoms with Gasteiger partial charge in [-0.1, -0.05) is 0 Å². The second kappa shape index (κ2) is 11.0. The first-order valence-corrected chi connectivity index (χ1v) is 7.26. The van der Waals surface area contributed by atoms with Crippen molar-refractivity contribution in [1.82, 2.24) is 0 Å². The Kier molecular flexibility index (Phi) is 12.4. The van der Waals surface area contributed by atoms with Crippen LogP contribution in [0.2, 0.25) is 0 Å². The van der Waals surface area contributed by atoms with Crippen LogP contribution in [0.4, 0.5) is 0 Å². The molecule has 0 saturated heterocycles. The number of carboxylic acid groups (broad SMARTS) is 3. The number of likely N-dealkylation sites (N-methyl/N-ethyl adjacent to an activating group) is 3. The molecule has 0 aliphatic carbocycles. The second-order valence-electron chi connectivity index (χ2n) is 8.46. The Labute approximate surface area is 145 Å². The number of carbonyl (C=O) groups excluding carboxylic acids is 3. The maximum Gasteiger partial charge on any atom is 0.118 e. The first-order chi connectivity index (χ1) is 10.2. The molecule has 0 amide bonds. The van der Waals surface area contributed by atoms with Gasteiger partial charge in [0, 0.05) is 0 Å². The van der Waals surface area contributed by atoms with Gasteiger partial charge in [-0.15, -0.1) is 0 Å². The van der Waals surface area contributed by atoms with Crippen LogP contribution >= 0.6 is 0 Å². The lowest BCUT2D eigenvalue weighted by molar-refractivity contribution is -0.864. The largest absolute Gasteiger partial charge is 0.544 e. The predicted octanol–water partition coefficient (Wildman–Crippen LogP) is -4.67. The van der Waals surface area contributed by atoms with Crippen molar-refractivity contribution in [3.8, 4) is 0 Å². The van der Waals surface area contributed by atoms with E-state index in [0.29, 0.717) is 13.4 Å². The summed E-state index contributed by atoms with van der Waals surface area (Å²) < 4.78 is 1.26. The molecule has 0 heterocycles. The average molecular weight is 351 g/mol. The molecule has 0 spiro atoms. The summed E-state index contributed by atoms with van der Waals surface area (Å²) in [6, 6.07) is 0. The molecule has 0 aromatic carbocycles. The topological polar surface area (TPSA) is 120 Å². The minimum absolute atomic E-state index is 0.0694. The lowest BCUT2D eigenvalue weighted by Crippen LogP contribution is -2.45. The SMILES string of the molecule is C[N+](C)(C)CC(=O)[O-].C[N+](C)(C)CC(=O)[O-].C[N+](C)(C)CC(=O)[O-]. The van der Waals surface area contributed by atoms with Crippen molar-refractivity contribution in [2.45, 2.75) is 0 Å². The molecule has 0 aromatic heterocycles. The molecule has 0 aliphatic rings. The number of rotatable bonds is 6. The van der Waals surface area contributed by atoms with Crippen LogP contribution in [0.5, 0.6) is 0 Å². The van der Waals surface area contributed by atoms with Gasteiger partial charge in [0.1, 0.15) is 19.6 Å². The third-order valence-corrected chi connectivity index (χ3v) is 1.81. The average Bonchev–Trinajstić information content (AvgIpc) is 2.04. The second-order valence-corrected chi connectivity index (χ2v) is 8.46. The smallest absolute Gasteiger partial charge is 0.118 e. The molecule has 0 fully saturated rings. The van der Waals surface area contributed by atoms with E-state index in [1.54, 1.807) is 63.4 Å². The molecule has 9 nitrogen and oxygen atoms in total. The summed E-state index contributed by atoms with van der Waals surface area (Å²) in [5, 5.41) is 29.7. The molecular weight excluding hydrogens is 318 g/mol. The zero-order valence-corrected chi connectivity index (χ0v) is 16.4. The summed E-state index contributed by atoms with van der Waals surface area (Å²) in [6.45, 7) is 0.208. The van der Waals surface area contributed by atoms with Crippen LogP contribution in [-0.4, -0.2) is 114 Å². The Morgan fingerprint density at radius 3 is 0.625 bits per heavy atom. The first kappa shape index (κ1) is 27.2. The summed E-state index contributed by atoms with van der Waals surface area (Å²) >= 11 is 0. The van der Waals surface area contributed by atoms with E-state index in [9.17, 15) is 29.7 Å². The van der Waals surface area contributed by atoms with Crippen LogP contribution in [0.1, 0.15) is 0 Å². The molecule has 0 aromatic rings. The highest BCUT2D eigenvalue weighted by Gasteiger charge is 2.06. The maximum absolute atomic E-state index is 9.89. The molecule has 0 atom stereocenters. The van der Waals surface area contributed by atoms with Crippen molar-refractivity contribution in [2.24, 2.45) is 0 Å². The highest BCUT2D eigenvalue weighted by Crippen LogP contribution is 1.86. The molecule has 0 rings (SSSR count). The molecule has 0 aliphatic heterocycles. The summed E-state index contributed by atoms with van der Waals surface area (Å²) in [7, 11) is 16.2. The van der Waals surface area contributed by atoms with Crippen molar-refractivity contribution in [3.63, 3.8) is 0 Å². The summed E-state index contributed by atoms with van der Waals surface area (Å²) in [6.07, 6.45) is 0. The first-order valence-electron chi connectivity index (χ1n) is 7.26. The van der Waals surface area contributed by atoms with Gasteiger partial charge < -0.3 is 43.2 Å². The molecule has 0 unspecified atom stereocenters. The van der Waals surface area contributed by atoms with Crippen LogP contribution in [-0.2, 0) is 14.4 Å². The van der Waals surface area contributed by atoms with Gasteiger partial charge in [-0.3, -0.25) is 0 Å². The Hall–Kier alpha value is -1.71. The van der Waals surface area contributed by atoms with E-state index >= 15 is 0 Å². The summed E-state index contributed by atoms with van der Waals surface area (Å²) in [5.74, 6) is -3.01. The van der Waals surface area contributed by atoms with E-state index in [1.807, 2.05) is 0 Å². The monoisotopic (exact) mass is 351 g/mol. The van der Waals surface area contributed by atoms with Crippen LogP contribution in [0.3, 0.4) is 0 Å². The molecule has 9 heteroatoms. The van der Waals surface area contributed by atoms with Crippen molar-refractivity contribution < 1.29 is 43.2 Å². The zero-order valence-electron chi connectivity index (χ0n) is 16.4. The fraction of sp³-hybridized carbons (Fsp3) is 0.800. The van der Waals surface area contributed by atoms with Gasteiger partial charge in [0.15, 0.2) is 0 Å². The molecule has 0 N–H and O–H groups in total. The standard InChI is InChI=1S/3C5H11NO2/c3*1-6(2,3)4-5(7)8/h3*4H2,1-3H3. The highest BCUT2D eigenvalue weighted by molar-refractivity contribution is 5.65. The summed E-state index contributed by atoms with van der Waals surface area (Å²) in [4.78, 5) is 29.7. The Balaban J connectivity index is -0.000000276. The van der Waals surface area contributed by atoms with Gasteiger partial charge in [-0.05, 0) is 0 Å². The van der Waals surface area contributed by atoms with Crippen LogP contribution in [0.25, 0.3) is 0 Å². The Morgan fingerprint density at radius 2 is 0.625 bits per heavy atom. The normalized spacial score (nSPS) is 11.4. The number of quaternary nitrogens is 3. The third-order valence-electron chi connectivity index (χ3n) is 1.81. The molecule has 0 radical (unpaired) electrons. The van der Waals surface area contributed by atoms with Crippen molar-refractivity contribution in [2.75, 3.05) is 83.1 Å². The number of nitrogens with zero attached hydrogens (tertiary/aromatic N) is 3. The number of hydrogen-bond acceptors (Lipinski definition) is 6. The molecule has 24 heavy (non-hydrogen) atoms. The zero-order chi connectivity index (χ0) is 20.4. The Bertz CT molecular complexity index is 341. The number of carbonyl (C=O) groups is 3. The summed E-state index contributed by atoms with van der Waals surface area (Å²) in [5.41, 5.74) is 0. The van der Waals surface area contributed by atoms with E-state index in [2.05, 4.69) is 0 Å². The lowest BCUT2D eigenvalue weighted by Gasteiger charge is -2.23. The van der Waals surface area contributed by atoms with Crippen LogP contribution in [0.15, 0.2) is 0 Å². The fourth-order valence-electron chi connectivity index (χ4n) is 1.16. The van der Waals surface area contributed by atoms with Gasteiger partial charge in [-0.2, -0.15) is 0 Å². The highest BCUT2D eigenvalue weighted by atomic mass is 16.4. The number of carboxylic acids is 3. The van der Waals surface area contributed by atoms with Gasteiger partial charge in [0.2, 0.25) is 0 Å². The van der Waals surface area contributed by atoms with Crippen molar-refractivity contribution in [3.05, 3.63) is 0 Å². The van der Waals surface area contributed by atoms with E-state index in [4.69, 9.17) is 0 Å². The van der Waals surface area contributed by atoms with Crippen LogP contribution < -0.4 is 15.3 Å². The maximum atomic E-state index is 9.89. The molecule has 0 bridgehead atoms. The third kappa shape index (κ3) is 42.7. The quantitative estimate of drug-likeness (QED) is 0.444. The van der Waals surface area contributed by atoms with E-state index in [0.717, 1.165) is 0 Å². The van der Waals surface area contributed by atoms with Crippen LogP contribution in [0, 0.1) is 0 Å². The van der Waals surface area contributed by atoms with Gasteiger partial charge >= 0.3 is 0 Å². The minimum atomic E-state index is -1.00.